The van der Waals surface area contributed by atoms with Gasteiger partial charge in [0.05, 0.1) is 34.6 Å². The zero-order valence-electron chi connectivity index (χ0n) is 17.8. The van der Waals surface area contributed by atoms with Crippen molar-refractivity contribution < 1.29 is 27.9 Å². The van der Waals surface area contributed by atoms with E-state index in [1.807, 2.05) is 0 Å². The molecule has 5 rings (SSSR count). The number of likely N-dealkylation sites (tertiary alicyclic amines) is 1. The van der Waals surface area contributed by atoms with E-state index in [9.17, 15) is 27.9 Å². The van der Waals surface area contributed by atoms with E-state index < -0.39 is 24.7 Å². The van der Waals surface area contributed by atoms with Crippen molar-refractivity contribution in [2.75, 3.05) is 11.9 Å². The zero-order chi connectivity index (χ0) is 24.3. The van der Waals surface area contributed by atoms with Crippen LogP contribution in [0.5, 0.6) is 0 Å². The molecule has 1 unspecified atom stereocenters. The van der Waals surface area contributed by atoms with Crippen LogP contribution < -0.4 is 11.1 Å². The summed E-state index contributed by atoms with van der Waals surface area (Å²) in [7, 11) is 0. The number of anilines is 1. The van der Waals surface area contributed by atoms with Crippen molar-refractivity contribution in [2.24, 2.45) is 5.73 Å². The molecule has 5 N–H and O–H groups in total. The molecule has 0 bridgehead atoms. The van der Waals surface area contributed by atoms with Crippen LogP contribution in [0.1, 0.15) is 36.2 Å². The second-order valence-electron chi connectivity index (χ2n) is 8.68. The number of primary amides is 1. The van der Waals surface area contributed by atoms with E-state index in [0.717, 1.165) is 12.8 Å². The number of urea groups is 1. The van der Waals surface area contributed by atoms with Crippen molar-refractivity contribution in [3.8, 4) is 11.4 Å². The molecule has 1 atom stereocenters. The van der Waals surface area contributed by atoms with Crippen LogP contribution in [0.25, 0.3) is 22.3 Å². The van der Waals surface area contributed by atoms with E-state index in [1.54, 1.807) is 4.90 Å². The summed E-state index contributed by atoms with van der Waals surface area (Å²) in [5.74, 6) is -0.976. The third kappa shape index (κ3) is 3.93. The molecular weight excluding hydrogens is 457 g/mol. The molecule has 1 aliphatic heterocycles. The highest BCUT2D eigenvalue weighted by molar-refractivity contribution is 6.04. The van der Waals surface area contributed by atoms with Gasteiger partial charge in [-0.2, -0.15) is 23.4 Å². The average molecular weight is 478 g/mol. The summed E-state index contributed by atoms with van der Waals surface area (Å²) < 4.78 is 39.8. The molecule has 3 aromatic heterocycles. The lowest BCUT2D eigenvalue weighted by atomic mass is 9.98. The number of alkyl halides is 3. The fourth-order valence-electron chi connectivity index (χ4n) is 4.54. The van der Waals surface area contributed by atoms with Crippen molar-refractivity contribution in [1.82, 2.24) is 29.9 Å². The van der Waals surface area contributed by atoms with Gasteiger partial charge in [-0.05, 0) is 31.7 Å². The number of aliphatic hydroxyl groups excluding tert-OH is 1. The van der Waals surface area contributed by atoms with Crippen LogP contribution in [0.3, 0.4) is 0 Å². The fourth-order valence-corrected chi connectivity index (χ4v) is 4.54. The summed E-state index contributed by atoms with van der Waals surface area (Å²) in [4.78, 5) is 30.6. The van der Waals surface area contributed by atoms with Crippen molar-refractivity contribution in [3.05, 3.63) is 24.2 Å². The Kier molecular flexibility index (Phi) is 5.00. The standard InChI is InChI=1S/C20H21F3N8O3/c21-20(22,23)9-31-14-5-12(25-7-11(14)15(29-31)17(24)33)16-13(8-26-28-16)27-18(34)30-4-1-10(32)6-19(30)2-3-19/h5,7-8,10,32H,1-4,6,9H2,(H2,24,33)(H,26,28)(H,27,34). The van der Waals surface area contributed by atoms with Crippen LogP contribution in [-0.2, 0) is 6.54 Å². The van der Waals surface area contributed by atoms with Gasteiger partial charge in [0.15, 0.2) is 5.69 Å². The van der Waals surface area contributed by atoms with Gasteiger partial charge in [-0.1, -0.05) is 0 Å². The minimum absolute atomic E-state index is 0.00459. The number of H-pyrrole nitrogens is 1. The first kappa shape index (κ1) is 22.1. The van der Waals surface area contributed by atoms with Gasteiger partial charge in [0, 0.05) is 18.3 Å². The van der Waals surface area contributed by atoms with Gasteiger partial charge in [0.25, 0.3) is 5.91 Å². The summed E-state index contributed by atoms with van der Waals surface area (Å²) >= 11 is 0. The number of hydrogen-bond donors (Lipinski definition) is 4. The average Bonchev–Trinajstić information content (AvgIpc) is 3.19. The van der Waals surface area contributed by atoms with Crippen LogP contribution in [0, 0.1) is 0 Å². The minimum atomic E-state index is -4.58. The van der Waals surface area contributed by atoms with Gasteiger partial charge < -0.3 is 21.1 Å². The Labute approximate surface area is 190 Å². The number of amides is 3. The van der Waals surface area contributed by atoms with Gasteiger partial charge in [0.1, 0.15) is 12.2 Å². The number of carbonyl (C=O) groups excluding carboxylic acids is 2. The van der Waals surface area contributed by atoms with E-state index in [1.165, 1.54) is 18.5 Å². The molecule has 11 nitrogen and oxygen atoms in total. The summed E-state index contributed by atoms with van der Waals surface area (Å²) in [6, 6.07) is 0.967. The highest BCUT2D eigenvalue weighted by Gasteiger charge is 2.53. The number of nitrogens with zero attached hydrogens (tertiary/aromatic N) is 5. The number of carbonyl (C=O) groups is 2. The number of aromatic amines is 1. The highest BCUT2D eigenvalue weighted by atomic mass is 19.4. The predicted octanol–water partition coefficient (Wildman–Crippen LogP) is 2.00. The van der Waals surface area contributed by atoms with E-state index in [-0.39, 0.29) is 45.2 Å². The molecule has 14 heteroatoms. The van der Waals surface area contributed by atoms with Crippen molar-refractivity contribution in [2.45, 2.75) is 50.0 Å². The number of hydrogen-bond acceptors (Lipinski definition) is 6. The number of nitrogens with one attached hydrogen (secondary N) is 2. The van der Waals surface area contributed by atoms with Crippen LogP contribution in [-0.4, -0.2) is 71.3 Å². The predicted molar refractivity (Wildman–Crippen MR) is 113 cm³/mol. The Morgan fingerprint density at radius 2 is 2.09 bits per heavy atom. The Hall–Kier alpha value is -3.68. The maximum atomic E-state index is 13.1. The molecule has 2 aliphatic rings. The molecule has 1 saturated carbocycles. The maximum absolute atomic E-state index is 13.1. The van der Waals surface area contributed by atoms with Gasteiger partial charge in [-0.3, -0.25) is 19.6 Å². The summed E-state index contributed by atoms with van der Waals surface area (Å²) in [6.45, 7) is -1.01. The number of nitrogens with two attached hydrogens (primary N) is 1. The van der Waals surface area contributed by atoms with Crippen molar-refractivity contribution in [3.63, 3.8) is 0 Å². The second-order valence-corrected chi connectivity index (χ2v) is 8.68. The maximum Gasteiger partial charge on any atom is 0.408 e. The monoisotopic (exact) mass is 478 g/mol. The van der Waals surface area contributed by atoms with E-state index in [2.05, 4.69) is 25.6 Å². The second kappa shape index (κ2) is 7.68. The number of halogens is 3. The first-order valence-electron chi connectivity index (χ1n) is 10.6. The molecule has 0 radical (unpaired) electrons. The Balaban J connectivity index is 1.46. The minimum Gasteiger partial charge on any atom is -0.393 e. The molecule has 1 saturated heterocycles. The smallest absolute Gasteiger partial charge is 0.393 e. The highest BCUT2D eigenvalue weighted by Crippen LogP contribution is 2.48. The van der Waals surface area contributed by atoms with E-state index in [0.29, 0.717) is 24.1 Å². The number of rotatable bonds is 4. The number of aliphatic hydroxyl groups is 1. The van der Waals surface area contributed by atoms with Gasteiger partial charge in [-0.15, -0.1) is 0 Å². The quantitative estimate of drug-likeness (QED) is 0.450. The van der Waals surface area contributed by atoms with Crippen molar-refractivity contribution >= 4 is 28.5 Å². The molecule has 1 aliphatic carbocycles. The lowest BCUT2D eigenvalue weighted by Crippen LogP contribution is -2.51. The van der Waals surface area contributed by atoms with Gasteiger partial charge in [-0.25, -0.2) is 4.79 Å². The Morgan fingerprint density at radius 3 is 2.76 bits per heavy atom. The van der Waals surface area contributed by atoms with Crippen LogP contribution in [0.15, 0.2) is 18.5 Å². The number of piperidine rings is 1. The first-order valence-corrected chi connectivity index (χ1v) is 10.6. The number of aromatic nitrogens is 5. The molecule has 0 aromatic carbocycles. The SMILES string of the molecule is NC(=O)c1nn(CC(F)(F)F)c2cc(-c3[nH]ncc3NC(=O)N3CCC(O)CC34CC4)ncc12. The van der Waals surface area contributed by atoms with Crippen LogP contribution in [0.2, 0.25) is 0 Å². The normalized spacial score (nSPS) is 19.5. The van der Waals surface area contributed by atoms with Gasteiger partial charge >= 0.3 is 12.2 Å². The summed E-state index contributed by atoms with van der Waals surface area (Å²) in [6.07, 6.45) is 0.226. The fraction of sp³-hybridized carbons (Fsp3) is 0.450. The lowest BCUT2D eigenvalue weighted by Gasteiger charge is -2.38. The molecule has 2 fully saturated rings. The van der Waals surface area contributed by atoms with Crippen molar-refractivity contribution in [1.29, 1.82) is 0 Å². The third-order valence-corrected chi connectivity index (χ3v) is 6.28. The van der Waals surface area contributed by atoms with Crippen LogP contribution in [0.4, 0.5) is 23.7 Å². The van der Waals surface area contributed by atoms with Crippen LogP contribution >= 0.6 is 0 Å². The Morgan fingerprint density at radius 1 is 1.32 bits per heavy atom. The molecule has 180 valence electrons. The molecule has 4 heterocycles. The zero-order valence-corrected chi connectivity index (χ0v) is 17.8. The van der Waals surface area contributed by atoms with E-state index in [4.69, 9.17) is 5.73 Å². The van der Waals surface area contributed by atoms with Gasteiger partial charge in [0.2, 0.25) is 0 Å². The number of fused-ring (bicyclic) bond motifs is 1. The van der Waals surface area contributed by atoms with E-state index >= 15 is 0 Å². The molecular formula is C20H21F3N8O3. The lowest BCUT2D eigenvalue weighted by molar-refractivity contribution is -0.141. The summed E-state index contributed by atoms with van der Waals surface area (Å²) in [5.41, 5.74) is 5.37. The topological polar surface area (TPSA) is 155 Å². The molecule has 1 spiro atoms. The summed E-state index contributed by atoms with van der Waals surface area (Å²) in [5, 5.41) is 23.2. The third-order valence-electron chi connectivity index (χ3n) is 6.28. The largest absolute Gasteiger partial charge is 0.408 e. The molecule has 3 aromatic rings. The first-order chi connectivity index (χ1) is 16.1. The number of pyridine rings is 1. The Bertz CT molecular complexity index is 1280. The molecule has 3 amide bonds. The molecule has 34 heavy (non-hydrogen) atoms.